The number of pyridine rings is 1. The summed E-state index contributed by atoms with van der Waals surface area (Å²) in [6, 6.07) is 1.59. The topological polar surface area (TPSA) is 96.6 Å². The fourth-order valence-electron chi connectivity index (χ4n) is 1.71. The Labute approximate surface area is 103 Å². The monoisotopic (exact) mass is 253 g/mol. The summed E-state index contributed by atoms with van der Waals surface area (Å²) in [4.78, 5) is 33.9. The molecule has 1 rings (SSSR count). The number of aliphatic carboxylic acids is 1. The molecule has 98 valence electrons. The molecule has 2 N–H and O–H groups in total. The fraction of sp³-hybridized carbons (Fsp3) is 0.417. The van der Waals surface area contributed by atoms with Crippen LogP contribution < -0.4 is 5.56 Å². The Bertz CT molecular complexity index is 544. The van der Waals surface area contributed by atoms with E-state index in [4.69, 9.17) is 10.2 Å². The number of carboxylic acid groups (broad SMARTS) is 2. The lowest BCUT2D eigenvalue weighted by Gasteiger charge is -2.19. The minimum atomic E-state index is -1.36. The van der Waals surface area contributed by atoms with Crippen LogP contribution in [-0.4, -0.2) is 26.7 Å². The van der Waals surface area contributed by atoms with E-state index in [1.807, 2.05) is 0 Å². The highest BCUT2D eigenvalue weighted by Crippen LogP contribution is 2.17. The molecule has 1 aromatic rings. The van der Waals surface area contributed by atoms with Crippen molar-refractivity contribution in [1.82, 2.24) is 4.57 Å². The molecular formula is C12H15NO5. The average Bonchev–Trinajstić information content (AvgIpc) is 2.26. The lowest BCUT2D eigenvalue weighted by atomic mass is 10.1. The Morgan fingerprint density at radius 1 is 1.17 bits per heavy atom. The van der Waals surface area contributed by atoms with Crippen molar-refractivity contribution in [3.05, 3.63) is 33.7 Å². The SMILES string of the molecule is CC(C)c1ccc(C(=O)O)c(=O)n1C(C)C(=O)O. The summed E-state index contributed by atoms with van der Waals surface area (Å²) in [6.45, 7) is 4.96. The predicted molar refractivity (Wildman–Crippen MR) is 64.1 cm³/mol. The molecule has 1 unspecified atom stereocenters. The molecule has 0 spiro atoms. The number of carboxylic acids is 2. The highest BCUT2D eigenvalue weighted by Gasteiger charge is 2.22. The van der Waals surface area contributed by atoms with E-state index in [0.29, 0.717) is 5.69 Å². The van der Waals surface area contributed by atoms with Gasteiger partial charge in [0, 0.05) is 5.69 Å². The first-order valence-corrected chi connectivity index (χ1v) is 5.49. The van der Waals surface area contributed by atoms with Gasteiger partial charge in [-0.05, 0) is 25.0 Å². The maximum absolute atomic E-state index is 12.0. The minimum Gasteiger partial charge on any atom is -0.480 e. The van der Waals surface area contributed by atoms with Gasteiger partial charge in [-0.3, -0.25) is 9.36 Å². The van der Waals surface area contributed by atoms with Crippen LogP contribution in [0.4, 0.5) is 0 Å². The fourth-order valence-corrected chi connectivity index (χ4v) is 1.71. The Kier molecular flexibility index (Phi) is 3.90. The summed E-state index contributed by atoms with van der Waals surface area (Å²) < 4.78 is 1.02. The first-order valence-electron chi connectivity index (χ1n) is 5.49. The molecular weight excluding hydrogens is 238 g/mol. The van der Waals surface area contributed by atoms with E-state index in [9.17, 15) is 14.4 Å². The van der Waals surface area contributed by atoms with Gasteiger partial charge < -0.3 is 10.2 Å². The van der Waals surface area contributed by atoms with Crippen LogP contribution in [0.25, 0.3) is 0 Å². The zero-order valence-corrected chi connectivity index (χ0v) is 10.4. The Balaban J connectivity index is 3.61. The van der Waals surface area contributed by atoms with Crippen LogP contribution >= 0.6 is 0 Å². The largest absolute Gasteiger partial charge is 0.480 e. The Hall–Kier alpha value is -2.11. The van der Waals surface area contributed by atoms with E-state index in [2.05, 4.69) is 0 Å². The van der Waals surface area contributed by atoms with Crippen LogP contribution in [0.5, 0.6) is 0 Å². The second kappa shape index (κ2) is 5.03. The van der Waals surface area contributed by atoms with Crippen molar-refractivity contribution >= 4 is 11.9 Å². The van der Waals surface area contributed by atoms with Gasteiger partial charge in [-0.2, -0.15) is 0 Å². The molecule has 6 nitrogen and oxygen atoms in total. The molecule has 0 saturated heterocycles. The molecule has 0 saturated carbocycles. The lowest BCUT2D eigenvalue weighted by molar-refractivity contribution is -0.140. The van der Waals surface area contributed by atoms with E-state index in [1.165, 1.54) is 19.1 Å². The van der Waals surface area contributed by atoms with Crippen molar-refractivity contribution in [3.8, 4) is 0 Å². The predicted octanol–water partition coefficient (Wildman–Crippen LogP) is 1.32. The van der Waals surface area contributed by atoms with Gasteiger partial charge in [-0.25, -0.2) is 9.59 Å². The van der Waals surface area contributed by atoms with Crippen molar-refractivity contribution in [2.45, 2.75) is 32.7 Å². The number of aromatic nitrogens is 1. The highest BCUT2D eigenvalue weighted by molar-refractivity contribution is 5.87. The maximum atomic E-state index is 12.0. The summed E-state index contributed by atoms with van der Waals surface area (Å²) in [5.74, 6) is -2.62. The van der Waals surface area contributed by atoms with E-state index in [-0.39, 0.29) is 5.92 Å². The minimum absolute atomic E-state index is 0.0812. The number of nitrogens with zero attached hydrogens (tertiary/aromatic N) is 1. The van der Waals surface area contributed by atoms with E-state index < -0.39 is 29.1 Å². The van der Waals surface area contributed by atoms with Gasteiger partial charge in [0.1, 0.15) is 11.6 Å². The van der Waals surface area contributed by atoms with Crippen LogP contribution in [-0.2, 0) is 4.79 Å². The molecule has 1 atom stereocenters. The molecule has 6 heteroatoms. The van der Waals surface area contributed by atoms with Gasteiger partial charge in [0.15, 0.2) is 0 Å². The first kappa shape index (κ1) is 14.0. The van der Waals surface area contributed by atoms with Crippen molar-refractivity contribution in [2.24, 2.45) is 0 Å². The van der Waals surface area contributed by atoms with E-state index >= 15 is 0 Å². The number of hydrogen-bond donors (Lipinski definition) is 2. The molecule has 0 aliphatic carbocycles. The summed E-state index contributed by atoms with van der Waals surface area (Å²) in [6.07, 6.45) is 0. The van der Waals surface area contributed by atoms with Crippen molar-refractivity contribution in [3.63, 3.8) is 0 Å². The number of rotatable bonds is 4. The molecule has 1 heterocycles. The third kappa shape index (κ3) is 2.42. The smallest absolute Gasteiger partial charge is 0.341 e. The zero-order chi connectivity index (χ0) is 14.0. The quantitative estimate of drug-likeness (QED) is 0.843. The van der Waals surface area contributed by atoms with E-state index in [1.54, 1.807) is 13.8 Å². The summed E-state index contributed by atoms with van der Waals surface area (Å²) in [7, 11) is 0. The highest BCUT2D eigenvalue weighted by atomic mass is 16.4. The van der Waals surface area contributed by atoms with Crippen molar-refractivity contribution < 1.29 is 19.8 Å². The molecule has 0 fully saturated rings. The Morgan fingerprint density at radius 3 is 2.11 bits per heavy atom. The van der Waals surface area contributed by atoms with Crippen LogP contribution in [0.3, 0.4) is 0 Å². The first-order chi connectivity index (χ1) is 8.27. The molecule has 0 bridgehead atoms. The van der Waals surface area contributed by atoms with Crippen LogP contribution in [0.15, 0.2) is 16.9 Å². The van der Waals surface area contributed by atoms with Crippen LogP contribution in [0, 0.1) is 0 Å². The van der Waals surface area contributed by atoms with Crippen molar-refractivity contribution in [1.29, 1.82) is 0 Å². The van der Waals surface area contributed by atoms with Gasteiger partial charge in [0.2, 0.25) is 0 Å². The second-order valence-electron chi connectivity index (χ2n) is 4.32. The van der Waals surface area contributed by atoms with Crippen LogP contribution in [0.1, 0.15) is 48.8 Å². The van der Waals surface area contributed by atoms with Gasteiger partial charge >= 0.3 is 11.9 Å². The standard InChI is InChI=1S/C12H15NO5/c1-6(2)9-5-4-8(12(17)18)10(14)13(9)7(3)11(15)16/h4-7H,1-3H3,(H,15,16)(H,17,18). The molecule has 1 aromatic heterocycles. The molecule has 0 aliphatic heterocycles. The number of aromatic carboxylic acids is 1. The zero-order valence-electron chi connectivity index (χ0n) is 10.4. The van der Waals surface area contributed by atoms with Crippen molar-refractivity contribution in [2.75, 3.05) is 0 Å². The maximum Gasteiger partial charge on any atom is 0.341 e. The van der Waals surface area contributed by atoms with Gasteiger partial charge in [-0.15, -0.1) is 0 Å². The van der Waals surface area contributed by atoms with E-state index in [0.717, 1.165) is 4.57 Å². The number of carbonyl (C=O) groups is 2. The Morgan fingerprint density at radius 2 is 1.72 bits per heavy atom. The molecule has 0 radical (unpaired) electrons. The third-order valence-electron chi connectivity index (χ3n) is 2.71. The summed E-state index contributed by atoms with van der Waals surface area (Å²) >= 11 is 0. The normalized spacial score (nSPS) is 12.4. The number of hydrogen-bond acceptors (Lipinski definition) is 3. The van der Waals surface area contributed by atoms with Gasteiger partial charge in [-0.1, -0.05) is 13.8 Å². The van der Waals surface area contributed by atoms with Crippen LogP contribution in [0.2, 0.25) is 0 Å². The second-order valence-corrected chi connectivity index (χ2v) is 4.32. The van der Waals surface area contributed by atoms with Gasteiger partial charge in [0.05, 0.1) is 0 Å². The van der Waals surface area contributed by atoms with Gasteiger partial charge in [0.25, 0.3) is 5.56 Å². The average molecular weight is 253 g/mol. The molecule has 0 amide bonds. The summed E-state index contributed by atoms with van der Waals surface area (Å²) in [5, 5.41) is 17.9. The summed E-state index contributed by atoms with van der Waals surface area (Å²) in [5.41, 5.74) is -0.712. The lowest BCUT2D eigenvalue weighted by Crippen LogP contribution is -2.34. The third-order valence-corrected chi connectivity index (χ3v) is 2.71. The molecule has 0 aromatic carbocycles. The molecule has 18 heavy (non-hydrogen) atoms. The molecule has 0 aliphatic rings.